The molecule has 6 heteroatoms. The lowest BCUT2D eigenvalue weighted by Gasteiger charge is -2.24. The van der Waals surface area contributed by atoms with E-state index in [0.717, 1.165) is 30.8 Å². The van der Waals surface area contributed by atoms with Gasteiger partial charge in [-0.15, -0.1) is 11.3 Å². The number of nitrogens with one attached hydrogen (secondary N) is 1. The van der Waals surface area contributed by atoms with Crippen LogP contribution < -0.4 is 5.32 Å². The summed E-state index contributed by atoms with van der Waals surface area (Å²) in [6, 6.07) is 1.80. The molecular weight excluding hydrogens is 292 g/mol. The van der Waals surface area contributed by atoms with Crippen molar-refractivity contribution in [2.24, 2.45) is 0 Å². The molecule has 112 valence electrons. The van der Waals surface area contributed by atoms with Crippen molar-refractivity contribution in [2.75, 3.05) is 19.6 Å². The van der Waals surface area contributed by atoms with E-state index < -0.39 is 10.0 Å². The molecule has 0 bridgehead atoms. The summed E-state index contributed by atoms with van der Waals surface area (Å²) in [5.41, 5.74) is 1.27. The molecule has 2 rings (SSSR count). The van der Waals surface area contributed by atoms with Gasteiger partial charge in [-0.2, -0.15) is 4.31 Å². The van der Waals surface area contributed by atoms with Crippen molar-refractivity contribution in [1.82, 2.24) is 9.62 Å². The second-order valence-electron chi connectivity index (χ2n) is 5.09. The Morgan fingerprint density at radius 3 is 2.90 bits per heavy atom. The van der Waals surface area contributed by atoms with Crippen LogP contribution in [0.5, 0.6) is 0 Å². The monoisotopic (exact) mass is 314 g/mol. The van der Waals surface area contributed by atoms with E-state index in [1.54, 1.807) is 15.8 Å². The first kappa shape index (κ1) is 15.7. The fourth-order valence-electron chi connectivity index (χ4n) is 2.10. The van der Waals surface area contributed by atoms with E-state index in [0.29, 0.717) is 18.0 Å². The van der Waals surface area contributed by atoms with E-state index in [2.05, 4.69) is 12.2 Å². The third-order valence-electron chi connectivity index (χ3n) is 3.39. The standard InChI is InChI=1S/C14H22N2O2S2/c1-3-6-15-10-13-9-14(11-19-13)20(17,18)16-7-4-12(2)5-8-16/h4,9,11,15H,3,5-8,10H2,1-2H3. The molecule has 2 heterocycles. The molecule has 1 N–H and O–H groups in total. The molecule has 1 aliphatic heterocycles. The molecule has 0 unspecified atom stereocenters. The summed E-state index contributed by atoms with van der Waals surface area (Å²) in [7, 11) is -3.32. The van der Waals surface area contributed by atoms with Crippen molar-refractivity contribution in [2.45, 2.75) is 38.1 Å². The molecule has 0 saturated heterocycles. The van der Waals surface area contributed by atoms with E-state index in [1.807, 2.05) is 13.0 Å². The Labute approximate surface area is 125 Å². The van der Waals surface area contributed by atoms with Gasteiger partial charge in [0, 0.05) is 29.9 Å². The number of thiophene rings is 1. The highest BCUT2D eigenvalue weighted by atomic mass is 32.2. The highest BCUT2D eigenvalue weighted by Crippen LogP contribution is 2.24. The van der Waals surface area contributed by atoms with Gasteiger partial charge in [0.05, 0.1) is 4.90 Å². The van der Waals surface area contributed by atoms with Crippen molar-refractivity contribution < 1.29 is 8.42 Å². The maximum Gasteiger partial charge on any atom is 0.244 e. The molecule has 0 spiro atoms. The summed E-state index contributed by atoms with van der Waals surface area (Å²) < 4.78 is 26.6. The molecule has 0 aliphatic carbocycles. The Hall–Kier alpha value is -0.690. The first-order chi connectivity index (χ1) is 9.54. The van der Waals surface area contributed by atoms with Crippen LogP contribution >= 0.6 is 11.3 Å². The summed E-state index contributed by atoms with van der Waals surface area (Å²) in [5, 5.41) is 5.05. The summed E-state index contributed by atoms with van der Waals surface area (Å²) in [4.78, 5) is 1.50. The Morgan fingerprint density at radius 2 is 2.25 bits per heavy atom. The molecule has 0 atom stereocenters. The van der Waals surface area contributed by atoms with Crippen LogP contribution in [0.3, 0.4) is 0 Å². The Morgan fingerprint density at radius 1 is 1.45 bits per heavy atom. The molecule has 0 radical (unpaired) electrons. The Kier molecular flexibility index (Phi) is 5.37. The second kappa shape index (κ2) is 6.85. The highest BCUT2D eigenvalue weighted by Gasteiger charge is 2.26. The van der Waals surface area contributed by atoms with Crippen molar-refractivity contribution in [1.29, 1.82) is 0 Å². The highest BCUT2D eigenvalue weighted by molar-refractivity contribution is 7.89. The zero-order valence-corrected chi connectivity index (χ0v) is 13.7. The molecule has 1 aromatic heterocycles. The largest absolute Gasteiger partial charge is 0.312 e. The van der Waals surface area contributed by atoms with Gasteiger partial charge in [-0.25, -0.2) is 8.42 Å². The van der Waals surface area contributed by atoms with E-state index in [-0.39, 0.29) is 0 Å². The van der Waals surface area contributed by atoms with Gasteiger partial charge < -0.3 is 5.32 Å². The van der Waals surface area contributed by atoms with Gasteiger partial charge in [-0.1, -0.05) is 18.6 Å². The van der Waals surface area contributed by atoms with Gasteiger partial charge in [0.25, 0.3) is 0 Å². The molecule has 0 aromatic carbocycles. The fourth-order valence-corrected chi connectivity index (χ4v) is 4.71. The van der Waals surface area contributed by atoms with Crippen molar-refractivity contribution in [3.05, 3.63) is 28.0 Å². The first-order valence-corrected chi connectivity index (χ1v) is 9.30. The average Bonchev–Trinajstić information content (AvgIpc) is 2.89. The van der Waals surface area contributed by atoms with Gasteiger partial charge in [0.2, 0.25) is 10.0 Å². The minimum Gasteiger partial charge on any atom is -0.312 e. The Bertz CT molecular complexity index is 576. The van der Waals surface area contributed by atoms with Crippen LogP contribution in [0.4, 0.5) is 0 Å². The van der Waals surface area contributed by atoms with Crippen LogP contribution in [0, 0.1) is 0 Å². The number of hydrogen-bond acceptors (Lipinski definition) is 4. The van der Waals surface area contributed by atoms with Crippen molar-refractivity contribution in [3.8, 4) is 0 Å². The minimum atomic E-state index is -3.32. The summed E-state index contributed by atoms with van der Waals surface area (Å²) >= 11 is 1.51. The van der Waals surface area contributed by atoms with Crippen LogP contribution in [-0.4, -0.2) is 32.4 Å². The summed E-state index contributed by atoms with van der Waals surface area (Å²) in [6.07, 6.45) is 3.90. The molecule has 0 saturated carbocycles. The van der Waals surface area contributed by atoms with E-state index in [1.165, 1.54) is 16.9 Å². The van der Waals surface area contributed by atoms with Gasteiger partial charge in [0.1, 0.15) is 0 Å². The van der Waals surface area contributed by atoms with Crippen LogP contribution in [0.15, 0.2) is 28.0 Å². The SMILES string of the molecule is CCCNCc1cc(S(=O)(=O)N2CC=C(C)CC2)cs1. The number of sulfonamides is 1. The summed E-state index contributed by atoms with van der Waals surface area (Å²) in [5.74, 6) is 0. The zero-order valence-electron chi connectivity index (χ0n) is 12.1. The lowest BCUT2D eigenvalue weighted by Crippen LogP contribution is -2.34. The van der Waals surface area contributed by atoms with Crippen LogP contribution in [0.25, 0.3) is 0 Å². The van der Waals surface area contributed by atoms with E-state index in [9.17, 15) is 8.42 Å². The van der Waals surface area contributed by atoms with Gasteiger partial charge in [0.15, 0.2) is 0 Å². The molecule has 4 nitrogen and oxygen atoms in total. The minimum absolute atomic E-state index is 0.434. The molecule has 0 amide bonds. The predicted octanol–water partition coefficient (Wildman–Crippen LogP) is 2.59. The van der Waals surface area contributed by atoms with Crippen LogP contribution in [0.2, 0.25) is 0 Å². The zero-order chi connectivity index (χ0) is 14.6. The molecular formula is C14H22N2O2S2. The molecule has 20 heavy (non-hydrogen) atoms. The third-order valence-corrected chi connectivity index (χ3v) is 6.32. The Balaban J connectivity index is 2.06. The normalized spacial score (nSPS) is 17.2. The molecule has 1 aliphatic rings. The fraction of sp³-hybridized carbons (Fsp3) is 0.571. The van der Waals surface area contributed by atoms with Gasteiger partial charge in [-0.05, 0) is 32.4 Å². The molecule has 1 aromatic rings. The smallest absolute Gasteiger partial charge is 0.244 e. The predicted molar refractivity (Wildman–Crippen MR) is 83.4 cm³/mol. The quantitative estimate of drug-likeness (QED) is 0.648. The summed E-state index contributed by atoms with van der Waals surface area (Å²) in [6.45, 7) is 6.94. The number of hydrogen-bond donors (Lipinski definition) is 1. The van der Waals surface area contributed by atoms with Crippen LogP contribution in [-0.2, 0) is 16.6 Å². The molecule has 0 fully saturated rings. The number of rotatable bonds is 6. The van der Waals surface area contributed by atoms with Crippen LogP contribution in [0.1, 0.15) is 31.6 Å². The van der Waals surface area contributed by atoms with Gasteiger partial charge >= 0.3 is 0 Å². The lowest BCUT2D eigenvalue weighted by atomic mass is 10.1. The maximum atomic E-state index is 12.5. The lowest BCUT2D eigenvalue weighted by molar-refractivity contribution is 0.431. The van der Waals surface area contributed by atoms with Crippen molar-refractivity contribution >= 4 is 21.4 Å². The first-order valence-electron chi connectivity index (χ1n) is 6.98. The third kappa shape index (κ3) is 3.69. The van der Waals surface area contributed by atoms with E-state index in [4.69, 9.17) is 0 Å². The van der Waals surface area contributed by atoms with Gasteiger partial charge in [-0.3, -0.25) is 0 Å². The topological polar surface area (TPSA) is 49.4 Å². The maximum absolute atomic E-state index is 12.5. The second-order valence-corrected chi connectivity index (χ2v) is 8.02. The van der Waals surface area contributed by atoms with Crippen molar-refractivity contribution in [3.63, 3.8) is 0 Å². The van der Waals surface area contributed by atoms with E-state index >= 15 is 0 Å². The average molecular weight is 314 g/mol. The number of nitrogens with zero attached hydrogens (tertiary/aromatic N) is 1.